The first-order valence-electron chi connectivity index (χ1n) is 19.6. The van der Waals surface area contributed by atoms with E-state index < -0.39 is 0 Å². The maximum absolute atomic E-state index is 4.28. The lowest BCUT2D eigenvalue weighted by Gasteiger charge is -2.26. The summed E-state index contributed by atoms with van der Waals surface area (Å²) in [6.45, 7) is 0. The van der Waals surface area contributed by atoms with Crippen molar-refractivity contribution >= 4 is 54.5 Å². The fraction of sp³-hybridized carbons (Fsp3) is 0.0189. The first-order valence-corrected chi connectivity index (χ1v) is 20.4. The van der Waals surface area contributed by atoms with Gasteiger partial charge in [-0.25, -0.2) is 0 Å². The smallest absolute Gasteiger partial charge is 0.0707 e. The van der Waals surface area contributed by atoms with Crippen molar-refractivity contribution in [3.05, 3.63) is 223 Å². The van der Waals surface area contributed by atoms with Gasteiger partial charge in [-0.2, -0.15) is 0 Å². The molecular formula is C53H36N4S. The number of allylic oxidation sites excluding steroid dienone is 2. The van der Waals surface area contributed by atoms with Crippen molar-refractivity contribution in [3.63, 3.8) is 0 Å². The third kappa shape index (κ3) is 5.92. The van der Waals surface area contributed by atoms with E-state index in [0.717, 1.165) is 22.5 Å². The molecule has 274 valence electrons. The number of para-hydroxylation sites is 1. The molecule has 0 spiro atoms. The van der Waals surface area contributed by atoms with Gasteiger partial charge >= 0.3 is 0 Å². The molecule has 6 aromatic carbocycles. The van der Waals surface area contributed by atoms with E-state index in [-0.39, 0.29) is 6.04 Å². The molecule has 1 N–H and O–H groups in total. The number of pyridine rings is 2. The number of hydrogen-bond acceptors (Lipinski definition) is 4. The lowest BCUT2D eigenvalue weighted by atomic mass is 9.92. The average Bonchev–Trinajstić information content (AvgIpc) is 3.87. The van der Waals surface area contributed by atoms with Crippen LogP contribution < -0.4 is 5.32 Å². The van der Waals surface area contributed by atoms with Gasteiger partial charge in [0.05, 0.1) is 17.1 Å². The summed E-state index contributed by atoms with van der Waals surface area (Å²) in [5, 5.41) is 7.68. The van der Waals surface area contributed by atoms with Crippen molar-refractivity contribution in [2.24, 2.45) is 0 Å². The molecule has 0 radical (unpaired) electrons. The van der Waals surface area contributed by atoms with Crippen LogP contribution in [0.2, 0.25) is 0 Å². The van der Waals surface area contributed by atoms with Crippen LogP contribution in [0.5, 0.6) is 0 Å². The topological polar surface area (TPSA) is 42.7 Å². The van der Waals surface area contributed by atoms with Gasteiger partial charge in [-0.3, -0.25) is 9.97 Å². The fourth-order valence-electron chi connectivity index (χ4n) is 8.49. The minimum absolute atomic E-state index is 0.0335. The van der Waals surface area contributed by atoms with E-state index in [1.807, 2.05) is 48.3 Å². The number of hydrogen-bond donors (Lipinski definition) is 1. The Balaban J connectivity index is 1.01. The van der Waals surface area contributed by atoms with Crippen molar-refractivity contribution in [2.75, 3.05) is 0 Å². The molecule has 1 aliphatic heterocycles. The molecule has 1 aliphatic rings. The highest BCUT2D eigenvalue weighted by atomic mass is 32.1. The second-order valence-corrected chi connectivity index (χ2v) is 15.7. The molecule has 0 bridgehead atoms. The molecule has 1 atom stereocenters. The van der Waals surface area contributed by atoms with Crippen LogP contribution in [0.15, 0.2) is 207 Å². The number of nitrogens with zero attached hydrogens (tertiary/aromatic N) is 3. The fourth-order valence-corrected chi connectivity index (χ4v) is 9.88. The zero-order valence-electron chi connectivity index (χ0n) is 31.5. The lowest BCUT2D eigenvalue weighted by Crippen LogP contribution is -2.21. The average molecular weight is 761 g/mol. The maximum atomic E-state index is 4.28. The zero-order valence-corrected chi connectivity index (χ0v) is 32.3. The summed E-state index contributed by atoms with van der Waals surface area (Å²) in [5.74, 6) is 0. The minimum atomic E-state index is -0.0335. The van der Waals surface area contributed by atoms with E-state index >= 15 is 0 Å². The molecule has 5 heteroatoms. The molecule has 5 heterocycles. The quantitative estimate of drug-likeness (QED) is 0.176. The molecular weight excluding hydrogens is 725 g/mol. The van der Waals surface area contributed by atoms with Gasteiger partial charge in [0.2, 0.25) is 0 Å². The summed E-state index contributed by atoms with van der Waals surface area (Å²) in [5.41, 5.74) is 15.4. The van der Waals surface area contributed by atoms with Crippen molar-refractivity contribution in [3.8, 4) is 38.4 Å². The van der Waals surface area contributed by atoms with E-state index in [2.05, 4.69) is 190 Å². The highest BCUT2D eigenvalue weighted by Crippen LogP contribution is 2.49. The van der Waals surface area contributed by atoms with Crippen molar-refractivity contribution in [1.29, 1.82) is 0 Å². The van der Waals surface area contributed by atoms with Crippen LogP contribution in [0.4, 0.5) is 0 Å². The van der Waals surface area contributed by atoms with E-state index in [1.54, 1.807) is 0 Å². The van der Waals surface area contributed by atoms with Crippen LogP contribution in [0.25, 0.3) is 81.5 Å². The molecule has 11 rings (SSSR count). The number of dihydropyridines is 1. The number of rotatable bonds is 7. The highest BCUT2D eigenvalue weighted by Gasteiger charge is 2.23. The van der Waals surface area contributed by atoms with Crippen molar-refractivity contribution in [2.45, 2.75) is 6.04 Å². The van der Waals surface area contributed by atoms with E-state index in [1.165, 1.54) is 75.7 Å². The number of fused-ring (bicyclic) bond motifs is 5. The van der Waals surface area contributed by atoms with Crippen LogP contribution in [-0.2, 0) is 0 Å². The van der Waals surface area contributed by atoms with E-state index in [4.69, 9.17) is 0 Å². The molecule has 4 nitrogen and oxygen atoms in total. The van der Waals surface area contributed by atoms with E-state index in [0.29, 0.717) is 0 Å². The van der Waals surface area contributed by atoms with Gasteiger partial charge in [0.25, 0.3) is 0 Å². The number of nitrogens with one attached hydrogen (secondary N) is 1. The van der Waals surface area contributed by atoms with Gasteiger partial charge in [0.1, 0.15) is 0 Å². The molecule has 10 aromatic rings. The van der Waals surface area contributed by atoms with Crippen LogP contribution in [0, 0.1) is 0 Å². The third-order valence-electron chi connectivity index (χ3n) is 11.3. The molecule has 0 aliphatic carbocycles. The van der Waals surface area contributed by atoms with Crippen molar-refractivity contribution < 1.29 is 0 Å². The Morgan fingerprint density at radius 3 is 1.83 bits per heavy atom. The Hall–Kier alpha value is -7.34. The first-order chi connectivity index (χ1) is 28.8. The largest absolute Gasteiger partial charge is 0.374 e. The summed E-state index contributed by atoms with van der Waals surface area (Å²) < 4.78 is 3.75. The molecule has 0 fully saturated rings. The van der Waals surface area contributed by atoms with Gasteiger partial charge in [-0.15, -0.1) is 11.3 Å². The monoisotopic (exact) mass is 760 g/mol. The van der Waals surface area contributed by atoms with Gasteiger partial charge in [0.15, 0.2) is 0 Å². The summed E-state index contributed by atoms with van der Waals surface area (Å²) in [6, 6.07) is 61.3. The highest BCUT2D eigenvalue weighted by molar-refractivity contribution is 7.24. The summed E-state index contributed by atoms with van der Waals surface area (Å²) in [6.07, 6.45) is 12.0. The van der Waals surface area contributed by atoms with Gasteiger partial charge < -0.3 is 9.88 Å². The van der Waals surface area contributed by atoms with Crippen LogP contribution in [0.3, 0.4) is 0 Å². The summed E-state index contributed by atoms with van der Waals surface area (Å²) >= 11 is 1.90. The molecule has 1 unspecified atom stereocenters. The Bertz CT molecular complexity index is 3150. The SMILES string of the molecule is C1=C(c2ccc(-c3ccncc3)cc2)C=C(c2ccncc2)NC1c1ccc(-n2c3ccccc3c3c4sc(-c5ccccc5)c(-c5ccccc5)c4ccc32)cc1. The molecule has 0 amide bonds. The second-order valence-electron chi connectivity index (χ2n) is 14.7. The molecule has 4 aromatic heterocycles. The number of benzene rings is 6. The Morgan fingerprint density at radius 1 is 0.483 bits per heavy atom. The second kappa shape index (κ2) is 14.3. The zero-order chi connectivity index (χ0) is 38.4. The Morgan fingerprint density at radius 2 is 1.10 bits per heavy atom. The standard InChI is InChI=1S/C53H36N4S/c1-3-9-40(10-4-1)50-45-23-24-49-51(53(45)58-52(50)41-11-5-2-6-12-41)44-13-7-8-14-48(44)57(49)43-21-19-38(20-22-43)46-33-42(34-47(56-46)39-27-31-55-32-28-39)36-17-15-35(16-18-36)37-25-29-54-30-26-37/h1-34,46,56H. The summed E-state index contributed by atoms with van der Waals surface area (Å²) in [7, 11) is 0. The van der Waals surface area contributed by atoms with E-state index in [9.17, 15) is 0 Å². The predicted molar refractivity (Wildman–Crippen MR) is 243 cm³/mol. The van der Waals surface area contributed by atoms with Crippen LogP contribution >= 0.6 is 11.3 Å². The third-order valence-corrected chi connectivity index (χ3v) is 12.6. The first kappa shape index (κ1) is 34.0. The van der Waals surface area contributed by atoms with Gasteiger partial charge in [0, 0.05) is 73.0 Å². The maximum Gasteiger partial charge on any atom is 0.0707 e. The predicted octanol–water partition coefficient (Wildman–Crippen LogP) is 13.6. The molecule has 0 saturated carbocycles. The van der Waals surface area contributed by atoms with Gasteiger partial charge in [-0.05, 0) is 99.6 Å². The van der Waals surface area contributed by atoms with Crippen LogP contribution in [-0.4, -0.2) is 14.5 Å². The summed E-state index contributed by atoms with van der Waals surface area (Å²) in [4.78, 5) is 9.77. The van der Waals surface area contributed by atoms with Crippen molar-refractivity contribution in [1.82, 2.24) is 19.9 Å². The number of aromatic nitrogens is 3. The Labute approximate surface area is 340 Å². The molecule has 58 heavy (non-hydrogen) atoms. The van der Waals surface area contributed by atoms with Gasteiger partial charge in [-0.1, -0.05) is 121 Å². The Kier molecular flexibility index (Phi) is 8.37. The number of thiophene rings is 1. The van der Waals surface area contributed by atoms with Crippen LogP contribution in [0.1, 0.15) is 22.7 Å². The minimum Gasteiger partial charge on any atom is -0.374 e. The lowest BCUT2D eigenvalue weighted by molar-refractivity contribution is 0.766. The normalized spacial score (nSPS) is 14.0. The molecule has 0 saturated heterocycles.